The second-order valence-electron chi connectivity index (χ2n) is 10.6. The third kappa shape index (κ3) is 8.23. The lowest BCUT2D eigenvalue weighted by atomic mass is 9.95. The van der Waals surface area contributed by atoms with E-state index in [0.717, 1.165) is 16.3 Å². The first-order valence-electron chi connectivity index (χ1n) is 15.3. The van der Waals surface area contributed by atoms with Crippen molar-refractivity contribution in [1.82, 2.24) is 16.1 Å². The molecule has 10 nitrogen and oxygen atoms in total. The van der Waals surface area contributed by atoms with Crippen LogP contribution in [0.25, 0.3) is 10.8 Å². The summed E-state index contributed by atoms with van der Waals surface area (Å²) in [6.45, 7) is 5.92. The molecule has 0 aliphatic carbocycles. The maximum Gasteiger partial charge on any atom is 0.338 e. The first-order chi connectivity index (χ1) is 23.3. The van der Waals surface area contributed by atoms with E-state index in [2.05, 4.69) is 39.4 Å². The summed E-state index contributed by atoms with van der Waals surface area (Å²) in [6, 6.07) is 24.0. The Morgan fingerprint density at radius 1 is 0.958 bits per heavy atom. The van der Waals surface area contributed by atoms with Crippen molar-refractivity contribution in [1.29, 1.82) is 0 Å². The molecule has 12 heteroatoms. The molecule has 1 aliphatic rings. The molecular formula is C36H35ClN4O6S. The van der Waals surface area contributed by atoms with Crippen molar-refractivity contribution in [2.45, 2.75) is 33.4 Å². The number of rotatable bonds is 13. The van der Waals surface area contributed by atoms with Crippen LogP contribution in [0.4, 0.5) is 0 Å². The van der Waals surface area contributed by atoms with Gasteiger partial charge in [-0.1, -0.05) is 72.3 Å². The fourth-order valence-electron chi connectivity index (χ4n) is 5.25. The Morgan fingerprint density at radius 3 is 2.54 bits per heavy atom. The van der Waals surface area contributed by atoms with Gasteiger partial charge in [-0.3, -0.25) is 4.79 Å². The zero-order chi connectivity index (χ0) is 34.0. The maximum absolute atomic E-state index is 12.8. The molecule has 1 atom stereocenters. The van der Waals surface area contributed by atoms with E-state index in [1.807, 2.05) is 31.2 Å². The standard InChI is InChI=1S/C36H35ClN4O6S/c1-4-44-30-18-23(17-28(37)34(30)47-20-25-13-10-12-24-11-6-7-14-26(24)25)19-38-41-31(42)21-46-29-16-9-8-15-27(29)33-32(35(43)45-5-2)22(3)39-36(48)40-33/h6-19,33H,4-5,20-21H2,1-3H3,(H,41,42)(H2,39,40,48)/t33-/m1/s1. The van der Waals surface area contributed by atoms with E-state index in [1.165, 1.54) is 6.21 Å². The van der Waals surface area contributed by atoms with Crippen molar-refractivity contribution in [3.05, 3.63) is 112 Å². The molecule has 5 rings (SSSR count). The van der Waals surface area contributed by atoms with Crippen LogP contribution < -0.4 is 30.3 Å². The number of hydrogen-bond acceptors (Lipinski definition) is 8. The smallest absolute Gasteiger partial charge is 0.338 e. The molecule has 3 N–H and O–H groups in total. The number of benzene rings is 4. The highest BCUT2D eigenvalue weighted by Gasteiger charge is 2.32. The van der Waals surface area contributed by atoms with E-state index in [9.17, 15) is 9.59 Å². The van der Waals surface area contributed by atoms with Crippen LogP contribution in [0.3, 0.4) is 0 Å². The minimum absolute atomic E-state index is 0.217. The normalized spacial score (nSPS) is 14.3. The van der Waals surface area contributed by atoms with Gasteiger partial charge in [0, 0.05) is 11.3 Å². The fraction of sp³-hybridized carbons (Fsp3) is 0.222. The van der Waals surface area contributed by atoms with E-state index in [0.29, 0.717) is 63.0 Å². The van der Waals surface area contributed by atoms with Crippen LogP contribution in [-0.4, -0.2) is 43.0 Å². The summed E-state index contributed by atoms with van der Waals surface area (Å²) in [5.74, 6) is 0.274. The number of hydrazone groups is 1. The molecule has 4 aromatic rings. The van der Waals surface area contributed by atoms with E-state index in [4.69, 9.17) is 42.8 Å². The van der Waals surface area contributed by atoms with E-state index >= 15 is 0 Å². The number of nitrogens with zero attached hydrogens (tertiary/aromatic N) is 1. The highest BCUT2D eigenvalue weighted by molar-refractivity contribution is 7.80. The maximum atomic E-state index is 12.8. The molecule has 1 aliphatic heterocycles. The first kappa shape index (κ1) is 34.2. The number of esters is 1. The van der Waals surface area contributed by atoms with Crippen molar-refractivity contribution < 1.29 is 28.5 Å². The highest BCUT2D eigenvalue weighted by Crippen LogP contribution is 2.37. The van der Waals surface area contributed by atoms with Crippen LogP contribution in [0.1, 0.15) is 43.5 Å². The van der Waals surface area contributed by atoms with Crippen LogP contribution in [0.2, 0.25) is 5.02 Å². The number of hydrogen-bond donors (Lipinski definition) is 3. The molecule has 0 spiro atoms. The Morgan fingerprint density at radius 2 is 1.73 bits per heavy atom. The van der Waals surface area contributed by atoms with Gasteiger partial charge in [-0.15, -0.1) is 0 Å². The van der Waals surface area contributed by atoms with Crippen molar-refractivity contribution >= 4 is 57.8 Å². The molecule has 0 radical (unpaired) electrons. The van der Waals surface area contributed by atoms with Gasteiger partial charge in [-0.2, -0.15) is 5.10 Å². The molecule has 0 saturated carbocycles. The van der Waals surface area contributed by atoms with E-state index in [1.54, 1.807) is 50.2 Å². The minimum atomic E-state index is -0.640. The Bertz CT molecular complexity index is 1890. The zero-order valence-electron chi connectivity index (χ0n) is 26.7. The number of thiocarbonyl (C=S) groups is 1. The average Bonchev–Trinajstić information content (AvgIpc) is 3.07. The Hall–Kier alpha value is -5.13. The zero-order valence-corrected chi connectivity index (χ0v) is 28.2. The topological polar surface area (TPSA) is 120 Å². The van der Waals surface area contributed by atoms with Crippen LogP contribution in [-0.2, 0) is 20.9 Å². The molecular weight excluding hydrogens is 652 g/mol. The number of carbonyl (C=O) groups is 2. The van der Waals surface area contributed by atoms with Gasteiger partial charge in [0.05, 0.1) is 36.1 Å². The molecule has 0 aromatic heterocycles. The minimum Gasteiger partial charge on any atom is -0.490 e. The number of allylic oxidation sites excluding steroid dienone is 1. The van der Waals surface area contributed by atoms with Gasteiger partial charge in [0.15, 0.2) is 23.2 Å². The Kier molecular flexibility index (Phi) is 11.5. The van der Waals surface area contributed by atoms with Gasteiger partial charge in [0.1, 0.15) is 12.4 Å². The van der Waals surface area contributed by atoms with Gasteiger partial charge >= 0.3 is 5.97 Å². The summed E-state index contributed by atoms with van der Waals surface area (Å²) in [7, 11) is 0. The van der Waals surface area contributed by atoms with Gasteiger partial charge in [0.25, 0.3) is 5.91 Å². The van der Waals surface area contributed by atoms with E-state index in [-0.39, 0.29) is 13.2 Å². The Labute approximate surface area is 289 Å². The summed E-state index contributed by atoms with van der Waals surface area (Å²) < 4.78 is 23.1. The number of halogens is 1. The van der Waals surface area contributed by atoms with Gasteiger partial charge in [-0.25, -0.2) is 10.2 Å². The number of ether oxygens (including phenoxy) is 4. The second kappa shape index (κ2) is 16.1. The summed E-state index contributed by atoms with van der Waals surface area (Å²) >= 11 is 12.0. The SMILES string of the molecule is CCOC(=O)C1=C(C)NC(=S)N[C@@H]1c1ccccc1OCC(=O)NN=Cc1cc(Cl)c(OCc2cccc3ccccc23)c(OCC)c1. The van der Waals surface area contributed by atoms with Crippen molar-refractivity contribution in [3.63, 3.8) is 0 Å². The summed E-state index contributed by atoms with van der Waals surface area (Å²) in [5, 5.41) is 13.1. The number of para-hydroxylation sites is 1. The number of nitrogens with one attached hydrogen (secondary N) is 3. The lowest BCUT2D eigenvalue weighted by molar-refractivity contribution is -0.139. The molecule has 48 heavy (non-hydrogen) atoms. The quantitative estimate of drug-likeness (QED) is 0.0639. The second-order valence-corrected chi connectivity index (χ2v) is 11.4. The van der Waals surface area contributed by atoms with Gasteiger partial charge < -0.3 is 29.6 Å². The lowest BCUT2D eigenvalue weighted by Crippen LogP contribution is -2.45. The van der Waals surface area contributed by atoms with Crippen LogP contribution in [0.5, 0.6) is 17.2 Å². The number of carbonyl (C=O) groups excluding carboxylic acids is 2. The molecule has 0 bridgehead atoms. The molecule has 1 heterocycles. The van der Waals surface area contributed by atoms with Crippen LogP contribution in [0, 0.1) is 0 Å². The number of amides is 1. The highest BCUT2D eigenvalue weighted by atomic mass is 35.5. The van der Waals surface area contributed by atoms with Crippen molar-refractivity contribution in [2.24, 2.45) is 5.10 Å². The predicted molar refractivity (Wildman–Crippen MR) is 190 cm³/mol. The van der Waals surface area contributed by atoms with Crippen LogP contribution in [0.15, 0.2) is 95.2 Å². The average molecular weight is 687 g/mol. The number of fused-ring (bicyclic) bond motifs is 1. The molecule has 0 fully saturated rings. The third-order valence-electron chi connectivity index (χ3n) is 7.34. The van der Waals surface area contributed by atoms with E-state index < -0.39 is 17.9 Å². The fourth-order valence-corrected chi connectivity index (χ4v) is 5.79. The lowest BCUT2D eigenvalue weighted by Gasteiger charge is -2.30. The monoisotopic (exact) mass is 686 g/mol. The third-order valence-corrected chi connectivity index (χ3v) is 7.84. The Balaban J connectivity index is 1.24. The predicted octanol–water partition coefficient (Wildman–Crippen LogP) is 6.36. The van der Waals surface area contributed by atoms with Gasteiger partial charge in [0.2, 0.25) is 0 Å². The summed E-state index contributed by atoms with van der Waals surface area (Å²) in [4.78, 5) is 25.5. The van der Waals surface area contributed by atoms with Crippen LogP contribution >= 0.6 is 23.8 Å². The van der Waals surface area contributed by atoms with Crippen molar-refractivity contribution in [2.75, 3.05) is 19.8 Å². The molecule has 1 amide bonds. The molecule has 0 unspecified atom stereocenters. The molecule has 248 valence electrons. The summed E-state index contributed by atoms with van der Waals surface area (Å²) in [6.07, 6.45) is 1.45. The largest absolute Gasteiger partial charge is 0.490 e. The first-order valence-corrected chi connectivity index (χ1v) is 16.1. The summed E-state index contributed by atoms with van der Waals surface area (Å²) in [5.41, 5.74) is 5.63. The molecule has 0 saturated heterocycles. The van der Waals surface area contributed by atoms with Crippen molar-refractivity contribution in [3.8, 4) is 17.2 Å². The van der Waals surface area contributed by atoms with Gasteiger partial charge in [-0.05, 0) is 73.1 Å². The molecule has 4 aromatic carbocycles.